The van der Waals surface area contributed by atoms with Gasteiger partial charge in [-0.2, -0.15) is 16.1 Å². The Balaban J connectivity index is 2.30. The Morgan fingerprint density at radius 2 is 1.95 bits per heavy atom. The lowest BCUT2D eigenvalue weighted by Crippen LogP contribution is -2.47. The SMILES string of the molecule is CC1SCCN(S(=O)(=O)c2ccc(CBr)cc2)C1C. The molecular formula is C13H18BrNO2S2. The first-order chi connectivity index (χ1) is 8.96. The topological polar surface area (TPSA) is 37.4 Å². The minimum atomic E-state index is -3.36. The fourth-order valence-electron chi connectivity index (χ4n) is 2.13. The van der Waals surface area contributed by atoms with Crippen molar-refractivity contribution in [2.45, 2.75) is 35.4 Å². The van der Waals surface area contributed by atoms with E-state index in [0.29, 0.717) is 16.7 Å². The molecule has 1 aromatic carbocycles. The minimum absolute atomic E-state index is 0.0413. The van der Waals surface area contributed by atoms with Crippen molar-refractivity contribution in [3.05, 3.63) is 29.8 Å². The van der Waals surface area contributed by atoms with E-state index in [1.165, 1.54) is 0 Å². The van der Waals surface area contributed by atoms with Crippen LogP contribution in [0.15, 0.2) is 29.2 Å². The fraction of sp³-hybridized carbons (Fsp3) is 0.538. The van der Waals surface area contributed by atoms with Crippen molar-refractivity contribution in [3.63, 3.8) is 0 Å². The van der Waals surface area contributed by atoms with Gasteiger partial charge in [-0.15, -0.1) is 0 Å². The molecule has 0 amide bonds. The molecule has 1 saturated heterocycles. The Morgan fingerprint density at radius 1 is 1.32 bits per heavy atom. The lowest BCUT2D eigenvalue weighted by molar-refractivity contribution is 0.340. The molecule has 0 aromatic heterocycles. The van der Waals surface area contributed by atoms with E-state index >= 15 is 0 Å². The highest BCUT2D eigenvalue weighted by Gasteiger charge is 2.34. The van der Waals surface area contributed by atoms with Gasteiger partial charge in [0.1, 0.15) is 0 Å². The smallest absolute Gasteiger partial charge is 0.207 e. The Kier molecular flexibility index (Phi) is 4.98. The van der Waals surface area contributed by atoms with Gasteiger partial charge in [0.2, 0.25) is 10.0 Å². The van der Waals surface area contributed by atoms with Crippen molar-refractivity contribution in [3.8, 4) is 0 Å². The molecule has 0 bridgehead atoms. The molecule has 19 heavy (non-hydrogen) atoms. The van der Waals surface area contributed by atoms with Gasteiger partial charge >= 0.3 is 0 Å². The van der Waals surface area contributed by atoms with Crippen LogP contribution >= 0.6 is 27.7 Å². The van der Waals surface area contributed by atoms with Gasteiger partial charge in [-0.05, 0) is 24.6 Å². The summed E-state index contributed by atoms with van der Waals surface area (Å²) in [7, 11) is -3.36. The summed E-state index contributed by atoms with van der Waals surface area (Å²) in [5, 5.41) is 1.08. The summed E-state index contributed by atoms with van der Waals surface area (Å²) in [5.74, 6) is 0.865. The summed E-state index contributed by atoms with van der Waals surface area (Å²) in [6.07, 6.45) is 0. The molecule has 2 atom stereocenters. The molecular weight excluding hydrogens is 346 g/mol. The lowest BCUT2D eigenvalue weighted by Gasteiger charge is -2.36. The molecule has 1 aliphatic rings. The average Bonchev–Trinajstić information content (AvgIpc) is 2.41. The maximum absolute atomic E-state index is 12.6. The van der Waals surface area contributed by atoms with Crippen molar-refractivity contribution >= 4 is 37.7 Å². The van der Waals surface area contributed by atoms with E-state index < -0.39 is 10.0 Å². The zero-order valence-electron chi connectivity index (χ0n) is 11.0. The molecule has 2 rings (SSSR count). The average molecular weight is 364 g/mol. The van der Waals surface area contributed by atoms with Crippen LogP contribution in [0, 0.1) is 0 Å². The van der Waals surface area contributed by atoms with Gasteiger partial charge in [0.25, 0.3) is 0 Å². The highest BCUT2D eigenvalue weighted by atomic mass is 79.9. The first-order valence-electron chi connectivity index (χ1n) is 6.25. The Labute approximate surface area is 127 Å². The summed E-state index contributed by atoms with van der Waals surface area (Å²) in [6.45, 7) is 4.67. The largest absolute Gasteiger partial charge is 0.243 e. The van der Waals surface area contributed by atoms with E-state index in [1.54, 1.807) is 16.4 Å². The number of rotatable bonds is 3. The third-order valence-corrected chi connectivity index (χ3v) is 7.50. The third-order valence-electron chi connectivity index (χ3n) is 3.51. The Hall–Kier alpha value is -0.0400. The van der Waals surface area contributed by atoms with E-state index in [-0.39, 0.29) is 6.04 Å². The van der Waals surface area contributed by atoms with Crippen LogP contribution in [0.5, 0.6) is 0 Å². The van der Waals surface area contributed by atoms with Crippen LogP contribution in [-0.2, 0) is 15.4 Å². The Bertz CT molecular complexity index is 530. The number of hydrogen-bond donors (Lipinski definition) is 0. The summed E-state index contributed by atoms with van der Waals surface area (Å²) in [6, 6.07) is 7.15. The number of halogens is 1. The molecule has 0 radical (unpaired) electrons. The maximum Gasteiger partial charge on any atom is 0.243 e. The molecule has 0 saturated carbocycles. The van der Waals surface area contributed by atoms with E-state index in [1.807, 2.05) is 30.8 Å². The highest BCUT2D eigenvalue weighted by Crippen LogP contribution is 2.29. The molecule has 3 nitrogen and oxygen atoms in total. The first kappa shape index (κ1) is 15.4. The van der Waals surface area contributed by atoms with Crippen LogP contribution in [0.3, 0.4) is 0 Å². The number of hydrogen-bond acceptors (Lipinski definition) is 3. The number of benzene rings is 1. The summed E-state index contributed by atoms with van der Waals surface area (Å²) in [5.41, 5.74) is 1.08. The van der Waals surface area contributed by atoms with Gasteiger partial charge in [0.05, 0.1) is 4.90 Å². The van der Waals surface area contributed by atoms with Gasteiger partial charge in [-0.25, -0.2) is 8.42 Å². The molecule has 1 aromatic rings. The van der Waals surface area contributed by atoms with E-state index in [4.69, 9.17) is 0 Å². The Morgan fingerprint density at radius 3 is 2.53 bits per heavy atom. The summed E-state index contributed by atoms with van der Waals surface area (Å²) < 4.78 is 26.9. The van der Waals surface area contributed by atoms with Crippen LogP contribution < -0.4 is 0 Å². The maximum atomic E-state index is 12.6. The number of alkyl halides is 1. The van der Waals surface area contributed by atoms with Gasteiger partial charge in [0, 0.05) is 28.9 Å². The summed E-state index contributed by atoms with van der Waals surface area (Å²) >= 11 is 5.20. The minimum Gasteiger partial charge on any atom is -0.207 e. The van der Waals surface area contributed by atoms with Gasteiger partial charge in [-0.3, -0.25) is 0 Å². The second-order valence-corrected chi connectivity index (χ2v) is 8.65. The van der Waals surface area contributed by atoms with Crippen LogP contribution in [0.2, 0.25) is 0 Å². The fourth-order valence-corrected chi connectivity index (χ4v) is 5.50. The zero-order valence-corrected chi connectivity index (χ0v) is 14.3. The molecule has 1 heterocycles. The predicted octanol–water partition coefficient (Wildman–Crippen LogP) is 3.10. The molecule has 6 heteroatoms. The standard InChI is InChI=1S/C13H18BrNO2S2/c1-10-11(2)18-8-7-15(10)19(16,17)13-5-3-12(9-14)4-6-13/h3-6,10-11H,7-9H2,1-2H3. The highest BCUT2D eigenvalue weighted by molar-refractivity contribution is 9.08. The van der Waals surface area contributed by atoms with Crippen LogP contribution in [0.25, 0.3) is 0 Å². The zero-order chi connectivity index (χ0) is 14.0. The second-order valence-electron chi connectivity index (χ2n) is 4.71. The molecule has 1 fully saturated rings. The quantitative estimate of drug-likeness (QED) is 0.774. The molecule has 2 unspecified atom stereocenters. The van der Waals surface area contributed by atoms with Crippen molar-refractivity contribution in [2.75, 3.05) is 12.3 Å². The van der Waals surface area contributed by atoms with Crippen molar-refractivity contribution < 1.29 is 8.42 Å². The summed E-state index contributed by atoms with van der Waals surface area (Å²) in [4.78, 5) is 0.392. The van der Waals surface area contributed by atoms with Crippen LogP contribution in [0.1, 0.15) is 19.4 Å². The van der Waals surface area contributed by atoms with E-state index in [9.17, 15) is 8.42 Å². The number of sulfonamides is 1. The monoisotopic (exact) mass is 363 g/mol. The first-order valence-corrected chi connectivity index (χ1v) is 9.86. The number of thioether (sulfide) groups is 1. The molecule has 0 spiro atoms. The van der Waals surface area contributed by atoms with Crippen molar-refractivity contribution in [2.24, 2.45) is 0 Å². The molecule has 106 valence electrons. The molecule has 1 aliphatic heterocycles. The van der Waals surface area contributed by atoms with Gasteiger partial charge in [0.15, 0.2) is 0 Å². The lowest BCUT2D eigenvalue weighted by atomic mass is 10.2. The van der Waals surface area contributed by atoms with Crippen molar-refractivity contribution in [1.82, 2.24) is 4.31 Å². The molecule has 0 aliphatic carbocycles. The van der Waals surface area contributed by atoms with Crippen LogP contribution in [0.4, 0.5) is 0 Å². The van der Waals surface area contributed by atoms with Gasteiger partial charge < -0.3 is 0 Å². The van der Waals surface area contributed by atoms with Crippen LogP contribution in [-0.4, -0.2) is 36.3 Å². The number of nitrogens with zero attached hydrogens (tertiary/aromatic N) is 1. The predicted molar refractivity (Wildman–Crippen MR) is 84.3 cm³/mol. The molecule has 0 N–H and O–H groups in total. The second kappa shape index (κ2) is 6.16. The van der Waals surface area contributed by atoms with Gasteiger partial charge in [-0.1, -0.05) is 35.0 Å². The third kappa shape index (κ3) is 3.17. The van der Waals surface area contributed by atoms with E-state index in [2.05, 4.69) is 22.9 Å². The normalized spacial score (nSPS) is 25.4. The van der Waals surface area contributed by atoms with E-state index in [0.717, 1.165) is 16.6 Å². The van der Waals surface area contributed by atoms with Crippen molar-refractivity contribution in [1.29, 1.82) is 0 Å².